The Morgan fingerprint density at radius 2 is 1.24 bits per heavy atom. The van der Waals surface area contributed by atoms with Crippen molar-refractivity contribution in [2.75, 3.05) is 92.0 Å². The highest BCUT2D eigenvalue weighted by atomic mass is 35.5. The molecule has 4 saturated heterocycles. The van der Waals surface area contributed by atoms with Crippen molar-refractivity contribution >= 4 is 57.9 Å². The standard InChI is InChI=1S/C29H29ClF3N5O4.C16H13ClF3N3.C11H17N3O3/c30-20-15-21-26(37-25(20)17-4-3-5-19(14-17)29(31,32)33)24(18-8-10-38(21)16-18)27(39)35-22-7-9-34-28(36-22)42-13-12-41-23-6-1-2-11-40-23;17-12-7-13-15(21-11-4-5-23(13)8-11)22-14(12)9-2-1-3-10(6-9)16(18,19)20;12-9-4-5-13-11(14-9)17-8-7-16-10-3-1-2-6-15-10/h3-5,7,9,14-15,18,23-24H,1-2,6,8,10-13,16H2,(H,34,35,36,39);1-3,6-7,11H,4-5,8H2,(H,21,22);4-5,10H,1-3,6-8H2,(H2,12,13,14)/t18-,23?,24?;11-;/m00./s1. The number of ether oxygens (including phenoxy) is 6. The first-order chi connectivity index (χ1) is 39.5. The topological polar surface area (TPSA) is 206 Å². The first kappa shape index (κ1) is 58.4. The number of anilines is 5. The van der Waals surface area contributed by atoms with Crippen LogP contribution in [-0.4, -0.2) is 120 Å². The number of hydrogen-bond acceptors (Lipinski definition) is 17. The first-order valence-corrected chi connectivity index (χ1v) is 27.7. The molecule has 4 bridgehead atoms. The van der Waals surface area contributed by atoms with Crippen molar-refractivity contribution in [3.8, 4) is 34.5 Å². The molecular weight excluding hydrogens is 1120 g/mol. The van der Waals surface area contributed by atoms with Crippen molar-refractivity contribution in [2.24, 2.45) is 5.92 Å². The molecule has 6 aliphatic rings. The van der Waals surface area contributed by atoms with E-state index in [1.807, 2.05) is 0 Å². The van der Waals surface area contributed by atoms with Crippen LogP contribution < -0.4 is 35.6 Å². The number of rotatable bonds is 14. The second kappa shape index (κ2) is 26.2. The molecule has 1 amide bonds. The van der Waals surface area contributed by atoms with E-state index in [0.29, 0.717) is 78.3 Å². The van der Waals surface area contributed by atoms with Crippen molar-refractivity contribution in [1.29, 1.82) is 0 Å². The Labute approximate surface area is 478 Å². The Kier molecular flexibility index (Phi) is 18.6. The summed E-state index contributed by atoms with van der Waals surface area (Å²) in [4.78, 5) is 43.5. The van der Waals surface area contributed by atoms with Crippen LogP contribution in [-0.2, 0) is 36.1 Å². The third kappa shape index (κ3) is 14.7. The Balaban J connectivity index is 0.000000157. The summed E-state index contributed by atoms with van der Waals surface area (Å²) in [6, 6.07) is 17.3. The average Bonchev–Trinajstić information content (AvgIpc) is 4.15. The molecule has 0 saturated carbocycles. The quantitative estimate of drug-likeness (QED) is 0.0685. The van der Waals surface area contributed by atoms with Crippen molar-refractivity contribution in [1.82, 2.24) is 29.9 Å². The van der Waals surface area contributed by atoms with Gasteiger partial charge >= 0.3 is 24.4 Å². The predicted molar refractivity (Wildman–Crippen MR) is 294 cm³/mol. The second-order valence-electron chi connectivity index (χ2n) is 20.1. The van der Waals surface area contributed by atoms with Crippen LogP contribution in [0.15, 0.2) is 85.2 Å². The Morgan fingerprint density at radius 3 is 1.84 bits per heavy atom. The van der Waals surface area contributed by atoms with E-state index in [4.69, 9.17) is 62.3 Å². The molecule has 4 aromatic heterocycles. The fraction of sp³-hybridized carbons (Fsp3) is 0.446. The lowest BCUT2D eigenvalue weighted by molar-refractivity contribution is -0.165. The molecule has 82 heavy (non-hydrogen) atoms. The third-order valence-corrected chi connectivity index (χ3v) is 15.0. The van der Waals surface area contributed by atoms with Crippen molar-refractivity contribution in [2.45, 2.75) is 88.3 Å². The Bertz CT molecular complexity index is 3180. The predicted octanol–water partition coefficient (Wildman–Crippen LogP) is 11.1. The van der Waals surface area contributed by atoms with Gasteiger partial charge in [-0.25, -0.2) is 19.9 Å². The number of halogens is 8. The molecule has 0 radical (unpaired) electrons. The highest BCUT2D eigenvalue weighted by Gasteiger charge is 2.44. The van der Waals surface area contributed by atoms with Gasteiger partial charge in [-0.1, -0.05) is 47.5 Å². The maximum absolute atomic E-state index is 13.7. The number of fused-ring (bicyclic) bond motifs is 8. The molecule has 6 aromatic rings. The molecule has 10 heterocycles. The van der Waals surface area contributed by atoms with Gasteiger partial charge in [0.25, 0.3) is 0 Å². The van der Waals surface area contributed by atoms with Crippen molar-refractivity contribution < 1.29 is 59.6 Å². The maximum atomic E-state index is 13.7. The Morgan fingerprint density at radius 1 is 0.671 bits per heavy atom. The number of alkyl halides is 6. The number of nitrogens with zero attached hydrogens (tertiary/aromatic N) is 8. The van der Waals surface area contributed by atoms with Gasteiger partial charge in [0, 0.05) is 69.0 Å². The number of carbonyl (C=O) groups excluding carboxylic acids is 1. The van der Waals surface area contributed by atoms with Gasteiger partial charge in [0.05, 0.1) is 68.8 Å². The molecule has 4 fully saturated rings. The van der Waals surface area contributed by atoms with Crippen LogP contribution in [0.25, 0.3) is 22.5 Å². The number of aromatic nitrogens is 6. The van der Waals surface area contributed by atoms with Crippen LogP contribution in [0.3, 0.4) is 0 Å². The summed E-state index contributed by atoms with van der Waals surface area (Å²) in [7, 11) is 0. The largest absolute Gasteiger partial charge is 0.461 e. The number of hydrogen-bond donors (Lipinski definition) is 3. The van der Waals surface area contributed by atoms with Crippen LogP contribution >= 0.6 is 23.2 Å². The van der Waals surface area contributed by atoms with Gasteiger partial charge in [-0.3, -0.25) is 4.79 Å². The van der Waals surface area contributed by atoms with E-state index in [1.54, 1.807) is 36.5 Å². The smallest absolute Gasteiger partial charge is 0.416 e. The lowest BCUT2D eigenvalue weighted by Gasteiger charge is -2.32. The molecule has 3 unspecified atom stereocenters. The zero-order chi connectivity index (χ0) is 57.4. The lowest BCUT2D eigenvalue weighted by atomic mass is 9.84. The number of pyridine rings is 2. The summed E-state index contributed by atoms with van der Waals surface area (Å²) < 4.78 is 112. The molecule has 5 atom stereocenters. The molecule has 4 N–H and O–H groups in total. The fourth-order valence-corrected chi connectivity index (χ4v) is 10.9. The van der Waals surface area contributed by atoms with Gasteiger partial charge in [-0.05, 0) is 106 Å². The molecule has 2 aromatic carbocycles. The Hall–Kier alpha value is -6.83. The molecule has 436 valence electrons. The monoisotopic (exact) mass is 1180 g/mol. The zero-order valence-corrected chi connectivity index (χ0v) is 45.7. The summed E-state index contributed by atoms with van der Waals surface area (Å²) in [5.41, 5.74) is 7.24. The highest BCUT2D eigenvalue weighted by Crippen LogP contribution is 2.47. The molecule has 26 heteroatoms. The van der Waals surface area contributed by atoms with Crippen molar-refractivity contribution in [3.63, 3.8) is 0 Å². The van der Waals surface area contributed by atoms with Gasteiger partial charge in [-0.2, -0.15) is 36.3 Å². The van der Waals surface area contributed by atoms with Gasteiger partial charge in [0.15, 0.2) is 18.4 Å². The van der Waals surface area contributed by atoms with E-state index in [1.165, 1.54) is 24.4 Å². The van der Waals surface area contributed by atoms with Gasteiger partial charge < -0.3 is 54.6 Å². The summed E-state index contributed by atoms with van der Waals surface area (Å²) in [5, 5.41) is 6.77. The number of amides is 1. The van der Waals surface area contributed by atoms with Gasteiger partial charge in [0.1, 0.15) is 24.8 Å². The third-order valence-electron chi connectivity index (χ3n) is 14.4. The molecule has 18 nitrogen and oxygen atoms in total. The summed E-state index contributed by atoms with van der Waals surface area (Å²) in [6.45, 7) is 6.07. The van der Waals surface area contributed by atoms with E-state index < -0.39 is 29.4 Å². The molecule has 0 aliphatic carbocycles. The van der Waals surface area contributed by atoms with E-state index in [-0.39, 0.29) is 65.1 Å². The summed E-state index contributed by atoms with van der Waals surface area (Å²) in [6.07, 6.45) is 1.79. The molecule has 6 aliphatic heterocycles. The minimum atomic E-state index is -4.51. The van der Waals surface area contributed by atoms with Crippen LogP contribution in [0.2, 0.25) is 10.0 Å². The van der Waals surface area contributed by atoms with E-state index in [0.717, 1.165) is 108 Å². The SMILES string of the molecule is FC(F)(F)c1cccc(-c2nc3c(cc2Cl)N2CC[C@@H](C2)N3)c1.Nc1ccnc(OCCOC2CCCCO2)n1.O=C(Nc1ccnc(OCCOC2CCCCO2)n1)C1c2nc(-c3cccc(C(F)(F)F)c3)c(Cl)cc2N2CC[C@H]1C2. The molecule has 12 rings (SSSR count). The zero-order valence-electron chi connectivity index (χ0n) is 44.2. The van der Waals surface area contributed by atoms with Crippen molar-refractivity contribution in [3.05, 3.63) is 112 Å². The second-order valence-corrected chi connectivity index (χ2v) is 20.9. The van der Waals surface area contributed by atoms with Gasteiger partial charge in [0.2, 0.25) is 5.91 Å². The fourth-order valence-electron chi connectivity index (χ4n) is 10.4. The summed E-state index contributed by atoms with van der Waals surface area (Å²) >= 11 is 12.9. The number of nitrogens with two attached hydrogens (primary N) is 1. The molecular formula is C56H59Cl2F6N11O7. The molecule has 0 spiro atoms. The number of carbonyl (C=O) groups is 1. The van der Waals surface area contributed by atoms with Crippen LogP contribution in [0, 0.1) is 5.92 Å². The minimum Gasteiger partial charge on any atom is -0.461 e. The lowest BCUT2D eigenvalue weighted by Crippen LogP contribution is -2.36. The highest BCUT2D eigenvalue weighted by molar-refractivity contribution is 6.34. The van der Waals surface area contributed by atoms with E-state index in [9.17, 15) is 31.1 Å². The van der Waals surface area contributed by atoms with Crippen LogP contribution in [0.4, 0.5) is 55.2 Å². The summed E-state index contributed by atoms with van der Waals surface area (Å²) in [5.74, 6) is 0.341. The van der Waals surface area contributed by atoms with Crippen LogP contribution in [0.1, 0.15) is 74.1 Å². The maximum Gasteiger partial charge on any atom is 0.416 e. The normalized spacial score (nSPS) is 20.7. The number of nitrogen functional groups attached to an aromatic ring is 1. The average molecular weight is 1180 g/mol. The first-order valence-electron chi connectivity index (χ1n) is 27.0. The van der Waals surface area contributed by atoms with E-state index in [2.05, 4.69) is 45.4 Å². The van der Waals surface area contributed by atoms with Gasteiger partial charge in [-0.15, -0.1) is 0 Å². The van der Waals surface area contributed by atoms with E-state index >= 15 is 0 Å². The minimum absolute atomic E-state index is 0.0303. The van der Waals surface area contributed by atoms with Crippen LogP contribution in [0.5, 0.6) is 12.0 Å². The number of benzene rings is 2. The number of nitrogens with one attached hydrogen (secondary N) is 2.